The van der Waals surface area contributed by atoms with Crippen molar-refractivity contribution in [1.29, 1.82) is 0 Å². The van der Waals surface area contributed by atoms with Gasteiger partial charge in [0.2, 0.25) is 0 Å². The quantitative estimate of drug-likeness (QED) is 0.745. The lowest BCUT2D eigenvalue weighted by Gasteiger charge is -2.01. The molecule has 0 N–H and O–H groups in total. The molecule has 0 bridgehead atoms. The molecule has 0 amide bonds. The minimum atomic E-state index is 0.0235. The zero-order valence-corrected chi connectivity index (χ0v) is 8.69. The Morgan fingerprint density at radius 1 is 1.33 bits per heavy atom. The number of Topliss-reactive ketones (excluding diaryl/α,β-unsaturated/α-hetero) is 1. The molecule has 3 nitrogen and oxygen atoms in total. The van der Waals surface area contributed by atoms with E-state index in [0.717, 1.165) is 0 Å². The smallest absolute Gasteiger partial charge is 0.184 e. The van der Waals surface area contributed by atoms with Crippen molar-refractivity contribution < 1.29 is 4.79 Å². The summed E-state index contributed by atoms with van der Waals surface area (Å²) in [5.74, 6) is 0.0235. The normalized spacial score (nSPS) is 10.2. The van der Waals surface area contributed by atoms with Gasteiger partial charge in [0.1, 0.15) is 6.54 Å². The van der Waals surface area contributed by atoms with E-state index in [0.29, 0.717) is 10.6 Å². The molecule has 0 fully saturated rings. The summed E-state index contributed by atoms with van der Waals surface area (Å²) in [5, 5.41) is 4.60. The van der Waals surface area contributed by atoms with E-state index in [1.54, 1.807) is 47.4 Å². The number of carbonyl (C=O) groups excluding carboxylic acids is 1. The molecule has 0 saturated carbocycles. The number of aromatic nitrogens is 2. The van der Waals surface area contributed by atoms with Crippen LogP contribution in [-0.4, -0.2) is 15.6 Å². The molecule has 0 aliphatic rings. The molecular formula is C11H9ClN2O. The minimum absolute atomic E-state index is 0.0235. The number of benzene rings is 1. The number of hydrogen-bond donors (Lipinski definition) is 0. The van der Waals surface area contributed by atoms with Crippen molar-refractivity contribution in [2.75, 3.05) is 0 Å². The van der Waals surface area contributed by atoms with E-state index >= 15 is 0 Å². The van der Waals surface area contributed by atoms with Crippen molar-refractivity contribution in [2.45, 2.75) is 6.54 Å². The van der Waals surface area contributed by atoms with Gasteiger partial charge < -0.3 is 0 Å². The fourth-order valence-corrected chi connectivity index (χ4v) is 1.39. The fourth-order valence-electron chi connectivity index (χ4n) is 1.27. The second-order valence-electron chi connectivity index (χ2n) is 3.13. The molecule has 0 unspecified atom stereocenters. The van der Waals surface area contributed by atoms with Gasteiger partial charge in [0.25, 0.3) is 0 Å². The molecule has 0 aliphatic heterocycles. The third-order valence-electron chi connectivity index (χ3n) is 2.03. The first kappa shape index (κ1) is 9.93. The van der Waals surface area contributed by atoms with Gasteiger partial charge in [-0.25, -0.2) is 0 Å². The predicted octanol–water partition coefficient (Wildman–Crippen LogP) is 2.42. The Balaban J connectivity index is 2.11. The second-order valence-corrected chi connectivity index (χ2v) is 3.57. The van der Waals surface area contributed by atoms with Gasteiger partial charge in [-0.3, -0.25) is 9.48 Å². The Labute approximate surface area is 92.3 Å². The first-order chi connectivity index (χ1) is 7.25. The van der Waals surface area contributed by atoms with Crippen LogP contribution in [0.5, 0.6) is 0 Å². The Morgan fingerprint density at radius 3 is 2.67 bits per heavy atom. The lowest BCUT2D eigenvalue weighted by atomic mass is 10.1. The highest BCUT2D eigenvalue weighted by molar-refractivity contribution is 6.30. The standard InChI is InChI=1S/C11H9ClN2O/c12-10-4-2-9(3-5-10)11(15)8-14-7-1-6-13-14/h1-7H,8H2. The highest BCUT2D eigenvalue weighted by Crippen LogP contribution is 2.10. The highest BCUT2D eigenvalue weighted by atomic mass is 35.5. The van der Waals surface area contributed by atoms with E-state index in [4.69, 9.17) is 11.6 Å². The molecule has 0 atom stereocenters. The van der Waals surface area contributed by atoms with Gasteiger partial charge in [0, 0.05) is 23.0 Å². The van der Waals surface area contributed by atoms with E-state index in [2.05, 4.69) is 5.10 Å². The van der Waals surface area contributed by atoms with E-state index in [1.807, 2.05) is 0 Å². The molecule has 2 rings (SSSR count). The fraction of sp³-hybridized carbons (Fsp3) is 0.0909. The van der Waals surface area contributed by atoms with Crippen LogP contribution >= 0.6 is 11.6 Å². The minimum Gasteiger partial charge on any atom is -0.292 e. The summed E-state index contributed by atoms with van der Waals surface area (Å²) in [5.41, 5.74) is 0.648. The molecule has 1 aromatic carbocycles. The molecule has 1 aromatic heterocycles. The van der Waals surface area contributed by atoms with Gasteiger partial charge in [-0.15, -0.1) is 0 Å². The van der Waals surface area contributed by atoms with Crippen LogP contribution in [0.25, 0.3) is 0 Å². The van der Waals surface area contributed by atoms with Crippen molar-refractivity contribution in [1.82, 2.24) is 9.78 Å². The van der Waals surface area contributed by atoms with Crippen LogP contribution in [-0.2, 0) is 6.54 Å². The summed E-state index contributed by atoms with van der Waals surface area (Å²) in [4.78, 5) is 11.7. The first-order valence-electron chi connectivity index (χ1n) is 4.52. The zero-order chi connectivity index (χ0) is 10.7. The van der Waals surface area contributed by atoms with Crippen LogP contribution in [0.2, 0.25) is 5.02 Å². The summed E-state index contributed by atoms with van der Waals surface area (Å²) in [6.45, 7) is 0.259. The van der Waals surface area contributed by atoms with Crippen LogP contribution in [0.15, 0.2) is 42.7 Å². The van der Waals surface area contributed by atoms with Gasteiger partial charge >= 0.3 is 0 Å². The van der Waals surface area contributed by atoms with E-state index in [9.17, 15) is 4.79 Å². The molecule has 0 spiro atoms. The highest BCUT2D eigenvalue weighted by Gasteiger charge is 2.06. The molecule has 2 aromatic rings. The number of halogens is 1. The molecular weight excluding hydrogens is 212 g/mol. The Morgan fingerprint density at radius 2 is 2.07 bits per heavy atom. The number of nitrogens with zero attached hydrogens (tertiary/aromatic N) is 2. The number of hydrogen-bond acceptors (Lipinski definition) is 2. The average Bonchev–Trinajstić information content (AvgIpc) is 2.71. The maximum Gasteiger partial charge on any atom is 0.184 e. The van der Waals surface area contributed by atoms with Crippen LogP contribution in [0, 0.1) is 0 Å². The van der Waals surface area contributed by atoms with Gasteiger partial charge in [-0.2, -0.15) is 5.10 Å². The van der Waals surface area contributed by atoms with Crippen LogP contribution in [0.4, 0.5) is 0 Å². The summed E-state index contributed by atoms with van der Waals surface area (Å²) in [7, 11) is 0. The lowest BCUT2D eigenvalue weighted by Crippen LogP contribution is -2.10. The molecule has 1 heterocycles. The number of ketones is 1. The summed E-state index contributed by atoms with van der Waals surface area (Å²) in [6.07, 6.45) is 3.41. The van der Waals surface area contributed by atoms with Crippen LogP contribution < -0.4 is 0 Å². The van der Waals surface area contributed by atoms with Crippen molar-refractivity contribution in [2.24, 2.45) is 0 Å². The summed E-state index contributed by atoms with van der Waals surface area (Å²) < 4.78 is 1.59. The lowest BCUT2D eigenvalue weighted by molar-refractivity contribution is 0.0968. The molecule has 4 heteroatoms. The monoisotopic (exact) mass is 220 g/mol. The van der Waals surface area contributed by atoms with Crippen molar-refractivity contribution in [3.8, 4) is 0 Å². The molecule has 0 saturated heterocycles. The van der Waals surface area contributed by atoms with Gasteiger partial charge in [-0.05, 0) is 30.3 Å². The van der Waals surface area contributed by atoms with Crippen molar-refractivity contribution >= 4 is 17.4 Å². The molecule has 0 aliphatic carbocycles. The topological polar surface area (TPSA) is 34.9 Å². The Kier molecular flexibility index (Phi) is 2.83. The van der Waals surface area contributed by atoms with Gasteiger partial charge in [0.05, 0.1) is 0 Å². The molecule has 15 heavy (non-hydrogen) atoms. The largest absolute Gasteiger partial charge is 0.292 e. The maximum atomic E-state index is 11.7. The van der Waals surface area contributed by atoms with E-state index in [1.165, 1.54) is 0 Å². The third kappa shape index (κ3) is 2.44. The third-order valence-corrected chi connectivity index (χ3v) is 2.28. The SMILES string of the molecule is O=C(Cn1cccn1)c1ccc(Cl)cc1. The number of carbonyl (C=O) groups is 1. The maximum absolute atomic E-state index is 11.7. The Hall–Kier alpha value is -1.61. The summed E-state index contributed by atoms with van der Waals surface area (Å²) >= 11 is 5.73. The number of rotatable bonds is 3. The van der Waals surface area contributed by atoms with E-state index < -0.39 is 0 Å². The van der Waals surface area contributed by atoms with Crippen LogP contribution in [0.3, 0.4) is 0 Å². The van der Waals surface area contributed by atoms with Crippen molar-refractivity contribution in [3.63, 3.8) is 0 Å². The second kappa shape index (κ2) is 4.28. The Bertz CT molecular complexity index is 448. The first-order valence-corrected chi connectivity index (χ1v) is 4.90. The van der Waals surface area contributed by atoms with Crippen LogP contribution in [0.1, 0.15) is 10.4 Å². The van der Waals surface area contributed by atoms with Gasteiger partial charge in [-0.1, -0.05) is 11.6 Å². The van der Waals surface area contributed by atoms with Crippen molar-refractivity contribution in [3.05, 3.63) is 53.3 Å². The average molecular weight is 221 g/mol. The zero-order valence-electron chi connectivity index (χ0n) is 7.93. The van der Waals surface area contributed by atoms with Gasteiger partial charge in [0.15, 0.2) is 5.78 Å². The molecule has 0 radical (unpaired) electrons. The molecule has 76 valence electrons. The summed E-state index contributed by atoms with van der Waals surface area (Å²) in [6, 6.07) is 8.63. The predicted molar refractivity (Wildman–Crippen MR) is 58.0 cm³/mol. The van der Waals surface area contributed by atoms with E-state index in [-0.39, 0.29) is 12.3 Å².